The van der Waals surface area contributed by atoms with Crippen molar-refractivity contribution in [2.45, 2.75) is 12.8 Å². The summed E-state index contributed by atoms with van der Waals surface area (Å²) in [6.45, 7) is 38.0. The number of fused-ring (bicyclic) bond motifs is 1. The van der Waals surface area contributed by atoms with E-state index in [-0.39, 0.29) is 51.1 Å². The Morgan fingerprint density at radius 2 is 0.610 bits per heavy atom. The van der Waals surface area contributed by atoms with Gasteiger partial charge in [-0.25, -0.2) is 81.3 Å². The number of carbonyl (C=O) groups is 17. The summed E-state index contributed by atoms with van der Waals surface area (Å²) < 4.78 is 44.9. The van der Waals surface area contributed by atoms with Crippen molar-refractivity contribution in [2.24, 2.45) is 0 Å². The molecule has 41 nitrogen and oxygen atoms in total. The summed E-state index contributed by atoms with van der Waals surface area (Å²) in [6, 6.07) is 28.8. The molecule has 1 aliphatic heterocycles. The van der Waals surface area contributed by atoms with Gasteiger partial charge in [-0.05, 0) is 119 Å². The first kappa shape index (κ1) is 113. The number of carbonyl (C=O) groups excluding carboxylic acids is 3. The number of carboxylic acids is 14. The summed E-state index contributed by atoms with van der Waals surface area (Å²) in [5.41, 5.74) is -1.40. The number of carboxylic acid groups (broad SMARTS) is 14. The lowest BCUT2D eigenvalue weighted by molar-refractivity contribution is -0.142. The Labute approximate surface area is 694 Å². The predicted molar refractivity (Wildman–Crippen MR) is 436 cm³/mol. The lowest BCUT2D eigenvalue weighted by atomic mass is 10.0. The van der Waals surface area contributed by atoms with E-state index in [1.54, 1.807) is 60.7 Å². The van der Waals surface area contributed by atoms with E-state index in [0.29, 0.717) is 45.8 Å². The molecule has 7 rings (SSSR count). The summed E-state index contributed by atoms with van der Waals surface area (Å²) in [7, 11) is -10.6. The van der Waals surface area contributed by atoms with Crippen LogP contribution in [0.15, 0.2) is 246 Å². The number of benzene rings is 6. The second-order valence-electron chi connectivity index (χ2n) is 21.4. The fourth-order valence-corrected chi connectivity index (χ4v) is 7.41. The highest BCUT2D eigenvalue weighted by Gasteiger charge is 2.29. The van der Waals surface area contributed by atoms with Gasteiger partial charge >= 0.3 is 117 Å². The van der Waals surface area contributed by atoms with E-state index in [1.165, 1.54) is 78.9 Å². The Kier molecular flexibility index (Phi) is 51.6. The van der Waals surface area contributed by atoms with Gasteiger partial charge < -0.3 is 105 Å². The Morgan fingerprint density at radius 1 is 0.333 bits per heavy atom. The Balaban J connectivity index is -0.000000643. The zero-order valence-electron chi connectivity index (χ0n) is 63.4. The zero-order chi connectivity index (χ0) is 96.3. The molecule has 1 atom stereocenters. The third kappa shape index (κ3) is 45.7. The first-order valence-electron chi connectivity index (χ1n) is 31.9. The summed E-state index contributed by atoms with van der Waals surface area (Å²) >= 11 is 0. The van der Waals surface area contributed by atoms with Gasteiger partial charge in [0.1, 0.15) is 28.2 Å². The standard InChI is InChI=1S/C13H12O6.3C10H8O4.C10H6O3.C8H9O3P.3C4H4O4.C4H7O2P.C2H5O3P/c1-2-3-4-11(14)19-8-5-6-9(12(15)16)10(7-8)13(17)18;3*1-2-6-3-4-7(9(11)12)8(5-6)10(13)14;1-2-6-3-4-7-8(5-6)10(12)13-9(7)11;1-2-12(9,10)11-8-6-4-3-5-7-8;3*1-2(3(5)6)4(7)8;1-3-7(5,6)4-2;1-2-6(3,4)5/h2,5-7H,1,3-4H2,(H,15,16)(H,17,18);3*2-5H,1H2,(H,11,12)(H,13,14);2-5H,1H2;2-7H,1H2,(H,9,10);3*1H2,(H,5,6)(H,7,8);3-4H,1-2H2,(H,5,6);2H,1H2,(H2,3,4,5). The van der Waals surface area contributed by atoms with Crippen molar-refractivity contribution in [1.82, 2.24) is 0 Å². The van der Waals surface area contributed by atoms with Crippen LogP contribution in [0, 0.1) is 0 Å². The molecule has 0 bridgehead atoms. The Bertz CT molecular complexity index is 4970. The van der Waals surface area contributed by atoms with Crippen LogP contribution >= 0.6 is 22.6 Å². The van der Waals surface area contributed by atoms with E-state index in [2.05, 4.69) is 83.7 Å². The van der Waals surface area contributed by atoms with Crippen LogP contribution in [0.3, 0.4) is 0 Å². The van der Waals surface area contributed by atoms with Crippen molar-refractivity contribution in [2.75, 3.05) is 0 Å². The molecule has 0 spiro atoms. The first-order chi connectivity index (χ1) is 56.8. The normalized spacial score (nSPS) is 10.3. The second kappa shape index (κ2) is 56.1. The highest BCUT2D eigenvalue weighted by atomic mass is 31.2. The third-order valence-corrected chi connectivity index (χ3v) is 15.3. The molecular formula is C79H75O41P3. The molecule has 0 aromatic heterocycles. The molecule has 44 heteroatoms. The molecule has 123 heavy (non-hydrogen) atoms. The van der Waals surface area contributed by atoms with Gasteiger partial charge in [0.05, 0.1) is 55.6 Å². The fourth-order valence-electron chi connectivity index (χ4n) is 6.76. The van der Waals surface area contributed by atoms with Crippen LogP contribution in [0.5, 0.6) is 11.5 Å². The summed E-state index contributed by atoms with van der Waals surface area (Å²) in [6.07, 6.45) is 8.09. The van der Waals surface area contributed by atoms with Crippen molar-refractivity contribution in [3.8, 4) is 11.5 Å². The van der Waals surface area contributed by atoms with Crippen LogP contribution in [0.1, 0.15) is 139 Å². The van der Waals surface area contributed by atoms with Crippen LogP contribution in [-0.2, 0) is 52.0 Å². The Hall–Kier alpha value is -16.3. The van der Waals surface area contributed by atoms with Gasteiger partial charge in [0.2, 0.25) is 7.37 Å². The topological polar surface area (TPSA) is 733 Å². The van der Waals surface area contributed by atoms with Crippen molar-refractivity contribution in [3.05, 3.63) is 324 Å². The largest absolute Gasteiger partial charge is 0.478 e. The van der Waals surface area contributed by atoms with E-state index in [9.17, 15) is 95.2 Å². The molecule has 1 unspecified atom stereocenters. The molecule has 652 valence electrons. The minimum atomic E-state index is -3.88. The van der Waals surface area contributed by atoms with Crippen LogP contribution < -0.4 is 9.26 Å². The van der Waals surface area contributed by atoms with Gasteiger partial charge in [-0.1, -0.05) is 145 Å². The third-order valence-electron chi connectivity index (χ3n) is 12.9. The predicted octanol–water partition coefficient (Wildman–Crippen LogP) is 12.2. The molecular weight excluding hydrogens is 1700 g/mol. The fraction of sp³-hybridized carbons (Fsp3) is 0.0253. The Morgan fingerprint density at radius 3 is 0.854 bits per heavy atom. The van der Waals surface area contributed by atoms with E-state index < -0.39 is 146 Å². The average Bonchev–Trinajstić information content (AvgIpc) is 1.74. The van der Waals surface area contributed by atoms with Gasteiger partial charge in [0.15, 0.2) is 0 Å². The number of cyclic esters (lactones) is 2. The van der Waals surface area contributed by atoms with Crippen molar-refractivity contribution >= 4 is 148 Å². The van der Waals surface area contributed by atoms with E-state index in [4.69, 9.17) is 100 Å². The summed E-state index contributed by atoms with van der Waals surface area (Å²) in [4.78, 5) is 210. The number of allylic oxidation sites excluding steroid dienone is 1. The summed E-state index contributed by atoms with van der Waals surface area (Å²) in [5, 5.41) is 117. The van der Waals surface area contributed by atoms with Gasteiger partial charge in [-0.15, -0.1) is 6.58 Å². The van der Waals surface area contributed by atoms with Crippen LogP contribution in [0.2, 0.25) is 0 Å². The van der Waals surface area contributed by atoms with Gasteiger partial charge in [0, 0.05) is 18.1 Å². The number of aromatic carboxylic acids is 8. The highest BCUT2D eigenvalue weighted by Crippen LogP contribution is 2.43. The average molecular weight is 1770 g/mol. The van der Waals surface area contributed by atoms with Crippen LogP contribution in [-0.4, -0.2) is 193 Å². The number of para-hydroxylation sites is 1. The van der Waals surface area contributed by atoms with Gasteiger partial charge in [-0.2, -0.15) is 0 Å². The van der Waals surface area contributed by atoms with Gasteiger partial charge in [0.25, 0.3) is 0 Å². The molecule has 0 radical (unpaired) electrons. The lowest BCUT2D eigenvalue weighted by Crippen LogP contribution is -2.11. The maximum absolute atomic E-state index is 11.3. The van der Waals surface area contributed by atoms with Crippen LogP contribution in [0.25, 0.3) is 24.3 Å². The van der Waals surface area contributed by atoms with E-state index in [1.807, 2.05) is 0 Å². The quantitative estimate of drug-likeness (QED) is 0.00412. The minimum absolute atomic E-state index is 0.00328. The molecule has 6 aromatic carbocycles. The molecule has 0 saturated heterocycles. The maximum atomic E-state index is 11.3. The smallest absolute Gasteiger partial charge is 0.400 e. The van der Waals surface area contributed by atoms with E-state index >= 15 is 0 Å². The molecule has 1 heterocycles. The molecule has 0 fully saturated rings. The molecule has 0 amide bonds. The number of ether oxygens (including phenoxy) is 2. The monoisotopic (exact) mass is 1770 g/mol. The minimum Gasteiger partial charge on any atom is -0.478 e. The molecule has 18 N–H and O–H groups in total. The maximum Gasteiger partial charge on any atom is 0.400 e. The molecule has 6 aromatic rings. The van der Waals surface area contributed by atoms with Crippen molar-refractivity contribution in [1.29, 1.82) is 0 Å². The summed E-state index contributed by atoms with van der Waals surface area (Å²) in [5.74, 6) is -17.2. The molecule has 1 aliphatic rings. The number of hydrogen-bond donors (Lipinski definition) is 18. The zero-order valence-corrected chi connectivity index (χ0v) is 66.1. The molecule has 0 aliphatic carbocycles. The van der Waals surface area contributed by atoms with Gasteiger partial charge in [-0.3, -0.25) is 13.9 Å². The van der Waals surface area contributed by atoms with Crippen LogP contribution in [0.4, 0.5) is 0 Å². The second-order valence-corrected chi connectivity index (χ2v) is 26.7. The SMILES string of the molecule is C=C(C(=O)O)C(=O)O.C=C(C(=O)O)C(=O)O.C=C(C(=O)O)C(=O)O.C=CCCC(=O)Oc1ccc(C(=O)O)c(C(=O)O)c1.C=CP(=O)(O)C=C.C=CP(=O)(O)O.C=CP(=O)(O)Oc1ccccc1.C=Cc1ccc(C(=O)O)c(C(=O)O)c1.C=Cc1ccc(C(=O)O)c(C(=O)O)c1.C=Cc1ccc(C(=O)O)c(C(=O)O)c1.C=Cc1ccc2c(c1)C(=O)OC2=O. The number of aliphatic carboxylic acids is 6. The number of hydrogen-bond acceptors (Lipinski definition) is 23. The first-order valence-corrected chi connectivity index (χ1v) is 37.1. The van der Waals surface area contributed by atoms with E-state index in [0.717, 1.165) is 35.1 Å². The van der Waals surface area contributed by atoms with Crippen molar-refractivity contribution < 1.29 is 200 Å². The number of rotatable bonds is 28. The number of esters is 3. The highest BCUT2D eigenvalue weighted by molar-refractivity contribution is 7.64. The van der Waals surface area contributed by atoms with Crippen molar-refractivity contribution in [3.63, 3.8) is 0 Å². The lowest BCUT2D eigenvalue weighted by Gasteiger charge is -2.07. The molecule has 0 saturated carbocycles.